The number of hydrogen-bond acceptors (Lipinski definition) is 5. The molecule has 0 amide bonds. The van der Waals surface area contributed by atoms with Crippen molar-refractivity contribution in [1.82, 2.24) is 0 Å². The van der Waals surface area contributed by atoms with Crippen molar-refractivity contribution in [3.63, 3.8) is 0 Å². The van der Waals surface area contributed by atoms with E-state index in [9.17, 15) is 9.59 Å². The molecule has 0 aromatic heterocycles. The van der Waals surface area contributed by atoms with Crippen LogP contribution in [0.4, 0.5) is 0 Å². The van der Waals surface area contributed by atoms with Gasteiger partial charge in [-0.25, -0.2) is 0 Å². The second-order valence-electron chi connectivity index (χ2n) is 7.00. The number of carbonyl (C=O) groups is 2. The summed E-state index contributed by atoms with van der Waals surface area (Å²) in [6, 6.07) is 6.04. The van der Waals surface area contributed by atoms with Gasteiger partial charge >= 0.3 is 5.97 Å². The number of fused-ring (bicyclic) bond motifs is 1. The van der Waals surface area contributed by atoms with E-state index in [2.05, 4.69) is 19.1 Å². The van der Waals surface area contributed by atoms with Crippen LogP contribution in [0.25, 0.3) is 0 Å². The maximum absolute atomic E-state index is 12.3. The first-order chi connectivity index (χ1) is 13.6. The van der Waals surface area contributed by atoms with Gasteiger partial charge in [-0.15, -0.1) is 0 Å². The van der Waals surface area contributed by atoms with Crippen molar-refractivity contribution >= 4 is 11.8 Å². The van der Waals surface area contributed by atoms with E-state index in [0.29, 0.717) is 19.4 Å². The largest absolute Gasteiger partial charge is 0.465 e. The van der Waals surface area contributed by atoms with E-state index in [1.54, 1.807) is 6.92 Å². The third-order valence-corrected chi connectivity index (χ3v) is 4.97. The predicted octanol–water partition coefficient (Wildman–Crippen LogP) is 5.01. The third kappa shape index (κ3) is 6.39. The molecule has 0 saturated heterocycles. The van der Waals surface area contributed by atoms with Crippen molar-refractivity contribution in [3.05, 3.63) is 35.4 Å². The van der Waals surface area contributed by atoms with Crippen LogP contribution in [0.1, 0.15) is 64.9 Å². The highest BCUT2D eigenvalue weighted by molar-refractivity contribution is 5.98. The summed E-state index contributed by atoms with van der Waals surface area (Å²) in [5, 5.41) is 0. The number of allylic oxidation sites excluding steroid dienone is 2. The summed E-state index contributed by atoms with van der Waals surface area (Å²) in [5.41, 5.74) is 2.48. The molecule has 5 heteroatoms. The highest BCUT2D eigenvalue weighted by Gasteiger charge is 2.26. The van der Waals surface area contributed by atoms with Crippen LogP contribution >= 0.6 is 0 Å². The van der Waals surface area contributed by atoms with Gasteiger partial charge in [0, 0.05) is 6.42 Å². The summed E-state index contributed by atoms with van der Waals surface area (Å²) in [4.78, 5) is 24.5. The molecule has 1 aliphatic rings. The molecule has 1 aliphatic heterocycles. The molecular weight excluding hydrogens is 356 g/mol. The number of ether oxygens (including phenoxy) is 3. The molecule has 1 aromatic rings. The minimum absolute atomic E-state index is 0.00300. The third-order valence-electron chi connectivity index (χ3n) is 4.97. The Bertz CT molecular complexity index is 674. The molecule has 0 N–H and O–H groups in total. The van der Waals surface area contributed by atoms with Crippen LogP contribution in [0.2, 0.25) is 0 Å². The van der Waals surface area contributed by atoms with E-state index in [4.69, 9.17) is 14.2 Å². The average molecular weight is 389 g/mol. The Morgan fingerprint density at radius 1 is 1.14 bits per heavy atom. The number of aryl methyl sites for hydroxylation is 1. The molecule has 154 valence electrons. The summed E-state index contributed by atoms with van der Waals surface area (Å²) >= 11 is 0. The van der Waals surface area contributed by atoms with Crippen LogP contribution in [-0.4, -0.2) is 25.2 Å². The molecule has 0 aliphatic carbocycles. The molecule has 1 unspecified atom stereocenters. The highest BCUT2D eigenvalue weighted by atomic mass is 16.7. The fourth-order valence-electron chi connectivity index (χ4n) is 3.37. The monoisotopic (exact) mass is 388 g/mol. The summed E-state index contributed by atoms with van der Waals surface area (Å²) in [5.74, 6) is 0.594. The standard InChI is InChI=1S/C23H32O5/c1-4-8-20(24)19(23(25)26-6-3)13-11-17(5-2)9-7-10-18-12-14-21-22(15-18)28-16-27-21/h9,12,14-15,19H,4-8,10-11,13,16H2,1-3H3. The van der Waals surface area contributed by atoms with Crippen LogP contribution < -0.4 is 9.47 Å². The first-order valence-electron chi connectivity index (χ1n) is 10.3. The lowest BCUT2D eigenvalue weighted by Gasteiger charge is -2.15. The van der Waals surface area contributed by atoms with E-state index in [1.807, 2.05) is 19.1 Å². The molecule has 0 spiro atoms. The molecule has 0 saturated carbocycles. The van der Waals surface area contributed by atoms with Crippen molar-refractivity contribution in [1.29, 1.82) is 0 Å². The van der Waals surface area contributed by atoms with Gasteiger partial charge in [-0.1, -0.05) is 31.6 Å². The van der Waals surface area contributed by atoms with Gasteiger partial charge in [0.25, 0.3) is 0 Å². The van der Waals surface area contributed by atoms with Crippen LogP contribution in [0.5, 0.6) is 11.5 Å². The van der Waals surface area contributed by atoms with Gasteiger partial charge < -0.3 is 14.2 Å². The lowest BCUT2D eigenvalue weighted by molar-refractivity contribution is -0.151. The summed E-state index contributed by atoms with van der Waals surface area (Å²) in [7, 11) is 0. The van der Waals surface area contributed by atoms with Crippen molar-refractivity contribution in [2.75, 3.05) is 13.4 Å². The predicted molar refractivity (Wildman–Crippen MR) is 109 cm³/mol. The first kappa shape index (κ1) is 22.0. The number of carbonyl (C=O) groups excluding carboxylic acids is 2. The second-order valence-corrected chi connectivity index (χ2v) is 7.00. The summed E-state index contributed by atoms with van der Waals surface area (Å²) in [6.45, 7) is 6.43. The highest BCUT2D eigenvalue weighted by Crippen LogP contribution is 2.32. The van der Waals surface area contributed by atoms with E-state index >= 15 is 0 Å². The van der Waals surface area contributed by atoms with Crippen molar-refractivity contribution in [3.8, 4) is 11.5 Å². The zero-order valence-electron chi connectivity index (χ0n) is 17.3. The number of esters is 1. The molecular formula is C23H32O5. The Kier molecular flexibility index (Phi) is 9.05. The Morgan fingerprint density at radius 2 is 1.93 bits per heavy atom. The quantitative estimate of drug-likeness (QED) is 0.286. The SMILES string of the molecule is CCCC(=O)C(CCC(=CCCc1ccc2c(c1)OCO2)CC)C(=O)OCC. The zero-order chi connectivity index (χ0) is 20.4. The molecule has 0 radical (unpaired) electrons. The maximum atomic E-state index is 12.3. The number of ketones is 1. The van der Waals surface area contributed by atoms with Crippen LogP contribution in [0, 0.1) is 5.92 Å². The first-order valence-corrected chi connectivity index (χ1v) is 10.3. The van der Waals surface area contributed by atoms with Gasteiger partial charge in [-0.2, -0.15) is 0 Å². The second kappa shape index (κ2) is 11.5. The molecule has 2 rings (SSSR count). The van der Waals surface area contributed by atoms with Crippen molar-refractivity contribution in [2.45, 2.75) is 65.7 Å². The smallest absolute Gasteiger partial charge is 0.316 e. The van der Waals surface area contributed by atoms with Crippen molar-refractivity contribution in [2.24, 2.45) is 5.92 Å². The van der Waals surface area contributed by atoms with E-state index in [0.717, 1.165) is 43.6 Å². The fourth-order valence-corrected chi connectivity index (χ4v) is 3.37. The number of Topliss-reactive ketones (excluding diaryl/α,β-unsaturated/α-hetero) is 1. The van der Waals surface area contributed by atoms with Gasteiger partial charge in [-0.3, -0.25) is 9.59 Å². The Labute approximate surface area is 168 Å². The Hall–Kier alpha value is -2.30. The molecule has 0 bridgehead atoms. The van der Waals surface area contributed by atoms with Gasteiger partial charge in [0.15, 0.2) is 11.5 Å². The minimum Gasteiger partial charge on any atom is -0.465 e. The van der Waals surface area contributed by atoms with Gasteiger partial charge in [-0.05, 0) is 63.1 Å². The van der Waals surface area contributed by atoms with E-state index < -0.39 is 5.92 Å². The van der Waals surface area contributed by atoms with Crippen molar-refractivity contribution < 1.29 is 23.8 Å². The minimum atomic E-state index is -0.635. The van der Waals surface area contributed by atoms with Crippen LogP contribution in [-0.2, 0) is 20.7 Å². The zero-order valence-corrected chi connectivity index (χ0v) is 17.3. The molecule has 0 fully saturated rings. The topological polar surface area (TPSA) is 61.8 Å². The molecule has 5 nitrogen and oxygen atoms in total. The van der Waals surface area contributed by atoms with Gasteiger partial charge in [0.05, 0.1) is 6.61 Å². The summed E-state index contributed by atoms with van der Waals surface area (Å²) < 4.78 is 15.9. The van der Waals surface area contributed by atoms with Gasteiger partial charge in [0.2, 0.25) is 6.79 Å². The Morgan fingerprint density at radius 3 is 2.64 bits per heavy atom. The van der Waals surface area contributed by atoms with Crippen LogP contribution in [0.15, 0.2) is 29.8 Å². The lowest BCUT2D eigenvalue weighted by Crippen LogP contribution is -2.26. The fraction of sp³-hybridized carbons (Fsp3) is 0.565. The van der Waals surface area contributed by atoms with E-state index in [-0.39, 0.29) is 18.5 Å². The number of hydrogen-bond donors (Lipinski definition) is 0. The number of benzene rings is 1. The number of rotatable bonds is 12. The van der Waals surface area contributed by atoms with E-state index in [1.165, 1.54) is 11.1 Å². The molecule has 1 aromatic carbocycles. The summed E-state index contributed by atoms with van der Waals surface area (Å²) in [6.07, 6.45) is 7.43. The maximum Gasteiger partial charge on any atom is 0.316 e. The lowest BCUT2D eigenvalue weighted by atomic mass is 9.92. The molecule has 28 heavy (non-hydrogen) atoms. The molecule has 1 heterocycles. The van der Waals surface area contributed by atoms with Crippen LogP contribution in [0.3, 0.4) is 0 Å². The molecule has 1 atom stereocenters. The average Bonchev–Trinajstić information content (AvgIpc) is 3.15. The van der Waals surface area contributed by atoms with Gasteiger partial charge in [0.1, 0.15) is 11.7 Å². The normalized spacial score (nSPS) is 14.0. The Balaban J connectivity index is 1.90.